The number of anilines is 4. The zero-order valence-electron chi connectivity index (χ0n) is 11.9. The monoisotopic (exact) mass is 278 g/mol. The van der Waals surface area contributed by atoms with Gasteiger partial charge >= 0.3 is 0 Å². The fourth-order valence-electron chi connectivity index (χ4n) is 2.74. The van der Waals surface area contributed by atoms with Crippen molar-refractivity contribution in [1.82, 2.24) is 9.97 Å². The number of ether oxygens (including phenoxy) is 1. The van der Waals surface area contributed by atoms with E-state index in [4.69, 9.17) is 16.2 Å². The van der Waals surface area contributed by atoms with Crippen LogP contribution in [0.1, 0.15) is 13.3 Å². The Kier molecular flexibility index (Phi) is 3.52. The van der Waals surface area contributed by atoms with Crippen LogP contribution in [-0.2, 0) is 4.74 Å². The van der Waals surface area contributed by atoms with Crippen LogP contribution in [0.3, 0.4) is 0 Å². The highest BCUT2D eigenvalue weighted by molar-refractivity contribution is 5.75. The van der Waals surface area contributed by atoms with Gasteiger partial charge in [-0.2, -0.15) is 9.97 Å². The van der Waals surface area contributed by atoms with Crippen LogP contribution in [0.2, 0.25) is 0 Å². The fraction of sp³-hybridized carbons (Fsp3) is 0.692. The first-order valence-corrected chi connectivity index (χ1v) is 7.16. The average Bonchev–Trinajstić information content (AvgIpc) is 2.89. The van der Waals surface area contributed by atoms with Gasteiger partial charge in [0.2, 0.25) is 5.95 Å². The Hall–Kier alpha value is -1.76. The van der Waals surface area contributed by atoms with Crippen molar-refractivity contribution in [3.8, 4) is 0 Å². The van der Waals surface area contributed by atoms with Gasteiger partial charge in [-0.15, -0.1) is 0 Å². The van der Waals surface area contributed by atoms with E-state index in [1.165, 1.54) is 0 Å². The summed E-state index contributed by atoms with van der Waals surface area (Å²) in [5.74, 6) is 2.48. The maximum atomic E-state index is 6.07. The van der Waals surface area contributed by atoms with Gasteiger partial charge in [-0.3, -0.25) is 0 Å². The molecule has 7 nitrogen and oxygen atoms in total. The molecule has 2 aliphatic rings. The summed E-state index contributed by atoms with van der Waals surface area (Å²) in [5, 5.41) is 0. The molecule has 1 aromatic heterocycles. The lowest BCUT2D eigenvalue weighted by Gasteiger charge is -2.28. The maximum Gasteiger partial charge on any atom is 0.229 e. The zero-order chi connectivity index (χ0) is 14.1. The molecule has 2 aliphatic heterocycles. The molecule has 0 saturated carbocycles. The third-order valence-electron chi connectivity index (χ3n) is 3.96. The van der Waals surface area contributed by atoms with Crippen molar-refractivity contribution in [2.24, 2.45) is 5.92 Å². The highest BCUT2D eigenvalue weighted by Crippen LogP contribution is 2.31. The maximum absolute atomic E-state index is 6.07. The molecule has 1 aromatic rings. The van der Waals surface area contributed by atoms with Crippen LogP contribution in [0.4, 0.5) is 23.3 Å². The zero-order valence-corrected chi connectivity index (χ0v) is 11.9. The molecule has 4 N–H and O–H groups in total. The smallest absolute Gasteiger partial charge is 0.229 e. The molecule has 2 saturated heterocycles. The predicted octanol–water partition coefficient (Wildman–Crippen LogP) is 0.324. The molecule has 3 heterocycles. The molecule has 0 aromatic carbocycles. The molecular weight excluding hydrogens is 256 g/mol. The van der Waals surface area contributed by atoms with Crippen LogP contribution in [-0.4, -0.2) is 49.4 Å². The molecule has 0 amide bonds. The summed E-state index contributed by atoms with van der Waals surface area (Å²) in [5.41, 5.74) is 12.5. The van der Waals surface area contributed by atoms with E-state index in [0.717, 1.165) is 38.4 Å². The highest BCUT2D eigenvalue weighted by Gasteiger charge is 2.25. The molecule has 7 heteroatoms. The molecule has 0 bridgehead atoms. The average molecular weight is 278 g/mol. The standard InChI is InChI=1S/C13H22N6O/c1-9-2-3-19(8-9)12-10(14)11(15)16-13(17-12)18-4-6-20-7-5-18/h9H,2-8,14H2,1H3,(H2,15,16,17)/t9-/m0/s1. The number of nitrogens with zero attached hydrogens (tertiary/aromatic N) is 4. The molecule has 0 spiro atoms. The Morgan fingerprint density at radius 3 is 2.50 bits per heavy atom. The Balaban J connectivity index is 1.90. The summed E-state index contributed by atoms with van der Waals surface area (Å²) in [4.78, 5) is 13.3. The third kappa shape index (κ3) is 2.45. The van der Waals surface area contributed by atoms with E-state index in [9.17, 15) is 0 Å². The minimum atomic E-state index is 0.371. The largest absolute Gasteiger partial charge is 0.393 e. The van der Waals surface area contributed by atoms with E-state index in [2.05, 4.69) is 26.7 Å². The quantitative estimate of drug-likeness (QED) is 0.804. The number of morpholine rings is 1. The van der Waals surface area contributed by atoms with Crippen LogP contribution in [0, 0.1) is 5.92 Å². The van der Waals surface area contributed by atoms with Crippen LogP contribution in [0.5, 0.6) is 0 Å². The lowest BCUT2D eigenvalue weighted by molar-refractivity contribution is 0.122. The van der Waals surface area contributed by atoms with Gasteiger partial charge in [-0.05, 0) is 12.3 Å². The highest BCUT2D eigenvalue weighted by atomic mass is 16.5. The second kappa shape index (κ2) is 5.32. The molecule has 2 fully saturated rings. The Bertz CT molecular complexity index is 488. The second-order valence-electron chi connectivity index (χ2n) is 5.59. The van der Waals surface area contributed by atoms with Gasteiger partial charge in [0.1, 0.15) is 5.69 Å². The molecule has 3 rings (SSSR count). The third-order valence-corrected chi connectivity index (χ3v) is 3.96. The normalized spacial score (nSPS) is 23.4. The van der Waals surface area contributed by atoms with Gasteiger partial charge in [0.25, 0.3) is 0 Å². The first-order chi connectivity index (χ1) is 9.65. The van der Waals surface area contributed by atoms with E-state index < -0.39 is 0 Å². The molecule has 20 heavy (non-hydrogen) atoms. The molecule has 1 atom stereocenters. The SMILES string of the molecule is C[C@H]1CCN(c2nc(N3CCOCC3)nc(N)c2N)C1. The Morgan fingerprint density at radius 1 is 1.10 bits per heavy atom. The summed E-state index contributed by atoms with van der Waals surface area (Å²) in [6.45, 7) is 7.17. The number of nitrogen functional groups attached to an aromatic ring is 2. The van der Waals surface area contributed by atoms with Crippen molar-refractivity contribution in [2.75, 3.05) is 60.7 Å². The van der Waals surface area contributed by atoms with Gasteiger partial charge < -0.3 is 26.0 Å². The van der Waals surface area contributed by atoms with Gasteiger partial charge in [-0.25, -0.2) is 0 Å². The molecule has 0 unspecified atom stereocenters. The van der Waals surface area contributed by atoms with Crippen LogP contribution in [0.25, 0.3) is 0 Å². The van der Waals surface area contributed by atoms with Gasteiger partial charge in [0.15, 0.2) is 11.6 Å². The molecule has 0 aliphatic carbocycles. The number of rotatable bonds is 2. The number of hydrogen-bond donors (Lipinski definition) is 2. The predicted molar refractivity (Wildman–Crippen MR) is 79.9 cm³/mol. The summed E-state index contributed by atoms with van der Waals surface area (Å²) in [7, 11) is 0. The van der Waals surface area contributed by atoms with E-state index >= 15 is 0 Å². The second-order valence-corrected chi connectivity index (χ2v) is 5.59. The van der Waals surface area contributed by atoms with Gasteiger partial charge in [0.05, 0.1) is 13.2 Å². The Labute approximate surface area is 118 Å². The first-order valence-electron chi connectivity index (χ1n) is 7.16. The first kappa shape index (κ1) is 13.2. The minimum absolute atomic E-state index is 0.371. The minimum Gasteiger partial charge on any atom is -0.393 e. The van der Waals surface area contributed by atoms with Crippen molar-refractivity contribution in [1.29, 1.82) is 0 Å². The van der Waals surface area contributed by atoms with E-state index in [0.29, 0.717) is 36.6 Å². The number of hydrogen-bond acceptors (Lipinski definition) is 7. The molecule has 110 valence electrons. The van der Waals surface area contributed by atoms with Gasteiger partial charge in [-0.1, -0.05) is 6.92 Å². The summed E-state index contributed by atoms with van der Waals surface area (Å²) in [6.07, 6.45) is 1.16. The molecular formula is C13H22N6O. The van der Waals surface area contributed by atoms with Crippen molar-refractivity contribution in [3.63, 3.8) is 0 Å². The van der Waals surface area contributed by atoms with E-state index in [-0.39, 0.29) is 0 Å². The lowest BCUT2D eigenvalue weighted by Crippen LogP contribution is -2.38. The molecule has 0 radical (unpaired) electrons. The number of aromatic nitrogens is 2. The van der Waals surface area contributed by atoms with Crippen LogP contribution in [0.15, 0.2) is 0 Å². The van der Waals surface area contributed by atoms with Crippen molar-refractivity contribution < 1.29 is 4.74 Å². The van der Waals surface area contributed by atoms with Crippen molar-refractivity contribution >= 4 is 23.3 Å². The van der Waals surface area contributed by atoms with Crippen molar-refractivity contribution in [3.05, 3.63) is 0 Å². The van der Waals surface area contributed by atoms with Crippen molar-refractivity contribution in [2.45, 2.75) is 13.3 Å². The van der Waals surface area contributed by atoms with E-state index in [1.807, 2.05) is 0 Å². The summed E-state index contributed by atoms with van der Waals surface area (Å²) >= 11 is 0. The number of nitrogens with two attached hydrogens (primary N) is 2. The lowest BCUT2D eigenvalue weighted by atomic mass is 10.2. The van der Waals surface area contributed by atoms with Crippen LogP contribution < -0.4 is 21.3 Å². The summed E-state index contributed by atoms with van der Waals surface area (Å²) < 4.78 is 5.36. The van der Waals surface area contributed by atoms with Crippen LogP contribution >= 0.6 is 0 Å². The Morgan fingerprint density at radius 2 is 1.85 bits per heavy atom. The topological polar surface area (TPSA) is 93.5 Å². The summed E-state index contributed by atoms with van der Waals surface area (Å²) in [6, 6.07) is 0. The van der Waals surface area contributed by atoms with Gasteiger partial charge in [0, 0.05) is 26.2 Å². The van der Waals surface area contributed by atoms with E-state index in [1.54, 1.807) is 0 Å². The fourth-order valence-corrected chi connectivity index (χ4v) is 2.74.